The van der Waals surface area contributed by atoms with Crippen LogP contribution in [-0.2, 0) is 0 Å². The third kappa shape index (κ3) is 2.04. The van der Waals surface area contributed by atoms with Crippen molar-refractivity contribution in [3.05, 3.63) is 29.1 Å². The highest BCUT2D eigenvalue weighted by atomic mass is 19.1. The second-order valence-electron chi connectivity index (χ2n) is 7.73. The van der Waals surface area contributed by atoms with E-state index < -0.39 is 0 Å². The maximum absolute atomic E-state index is 14.0. The molecule has 0 heterocycles. The van der Waals surface area contributed by atoms with Gasteiger partial charge in [0.15, 0.2) is 0 Å². The van der Waals surface area contributed by atoms with Crippen LogP contribution in [0, 0.1) is 40.8 Å². The zero-order valence-corrected chi connectivity index (χ0v) is 13.3. The number of nitrogens with one attached hydrogen (secondary N) is 1. The molecule has 0 aromatic heterocycles. The molecular formula is C18H23FN2. The molecule has 3 rings (SSSR count). The Hall–Kier alpha value is -1.56. The van der Waals surface area contributed by atoms with Gasteiger partial charge in [-0.05, 0) is 55.1 Å². The Bertz CT molecular complexity index is 624. The fourth-order valence-corrected chi connectivity index (χ4v) is 4.71. The van der Waals surface area contributed by atoms with E-state index in [-0.39, 0.29) is 16.6 Å². The average molecular weight is 286 g/mol. The first-order chi connectivity index (χ1) is 9.78. The quantitative estimate of drug-likeness (QED) is 0.860. The standard InChI is InChI=1S/C18H23FN2/c1-11-14(19)7-12(10-20)8-15(11)21-16-17(2,3)13-5-6-18(16,4)9-13/h7-8,13,16,21H,5-6,9H2,1-4H3/t13-,16?,18+/m0/s1. The number of anilines is 1. The fraction of sp³-hybridized carbons (Fsp3) is 0.611. The SMILES string of the molecule is Cc1c(F)cc(C#N)cc1NC1C(C)(C)[C@H]2CC[C@]1(C)C2. The third-order valence-corrected chi connectivity index (χ3v) is 6.04. The minimum Gasteiger partial charge on any atom is -0.381 e. The smallest absolute Gasteiger partial charge is 0.129 e. The minimum atomic E-state index is -0.303. The van der Waals surface area contributed by atoms with Crippen LogP contribution in [0.3, 0.4) is 0 Å². The van der Waals surface area contributed by atoms with E-state index >= 15 is 0 Å². The normalized spacial score (nSPS) is 33.0. The van der Waals surface area contributed by atoms with Gasteiger partial charge in [0.2, 0.25) is 0 Å². The molecular weight excluding hydrogens is 263 g/mol. The van der Waals surface area contributed by atoms with Crippen LogP contribution in [0.2, 0.25) is 0 Å². The van der Waals surface area contributed by atoms with Crippen molar-refractivity contribution in [3.63, 3.8) is 0 Å². The molecule has 2 fully saturated rings. The van der Waals surface area contributed by atoms with Crippen molar-refractivity contribution in [1.82, 2.24) is 0 Å². The number of hydrogen-bond acceptors (Lipinski definition) is 2. The maximum Gasteiger partial charge on any atom is 0.129 e. The first-order valence-electron chi connectivity index (χ1n) is 7.75. The summed E-state index contributed by atoms with van der Waals surface area (Å²) < 4.78 is 14.0. The van der Waals surface area contributed by atoms with Crippen molar-refractivity contribution in [2.45, 2.75) is 53.0 Å². The summed E-state index contributed by atoms with van der Waals surface area (Å²) in [6.45, 7) is 8.76. The lowest BCUT2D eigenvalue weighted by atomic mass is 9.68. The number of halogens is 1. The van der Waals surface area contributed by atoms with E-state index in [2.05, 4.69) is 26.1 Å². The van der Waals surface area contributed by atoms with Gasteiger partial charge in [-0.3, -0.25) is 0 Å². The number of hydrogen-bond donors (Lipinski definition) is 1. The second-order valence-corrected chi connectivity index (χ2v) is 7.73. The summed E-state index contributed by atoms with van der Waals surface area (Å²) in [5, 5.41) is 12.6. The summed E-state index contributed by atoms with van der Waals surface area (Å²) in [5.41, 5.74) is 2.25. The van der Waals surface area contributed by atoms with E-state index in [1.165, 1.54) is 25.3 Å². The molecule has 21 heavy (non-hydrogen) atoms. The van der Waals surface area contributed by atoms with Gasteiger partial charge in [0.05, 0.1) is 11.6 Å². The monoisotopic (exact) mass is 286 g/mol. The van der Waals surface area contributed by atoms with Crippen LogP contribution in [0.25, 0.3) is 0 Å². The van der Waals surface area contributed by atoms with E-state index in [9.17, 15) is 4.39 Å². The third-order valence-electron chi connectivity index (χ3n) is 6.04. The molecule has 1 aromatic rings. The molecule has 0 spiro atoms. The molecule has 2 saturated carbocycles. The van der Waals surface area contributed by atoms with Crippen LogP contribution < -0.4 is 5.32 Å². The molecule has 0 saturated heterocycles. The Morgan fingerprint density at radius 3 is 2.62 bits per heavy atom. The molecule has 2 aliphatic carbocycles. The lowest BCUT2D eigenvalue weighted by Crippen LogP contribution is -2.46. The molecule has 3 heteroatoms. The topological polar surface area (TPSA) is 35.8 Å². The van der Waals surface area contributed by atoms with Crippen molar-refractivity contribution < 1.29 is 4.39 Å². The molecule has 1 unspecified atom stereocenters. The number of nitrogens with zero attached hydrogens (tertiary/aromatic N) is 1. The Morgan fingerprint density at radius 1 is 1.33 bits per heavy atom. The zero-order valence-electron chi connectivity index (χ0n) is 13.3. The fourth-order valence-electron chi connectivity index (χ4n) is 4.71. The predicted molar refractivity (Wildman–Crippen MR) is 82.5 cm³/mol. The first kappa shape index (κ1) is 14.4. The lowest BCUT2D eigenvalue weighted by molar-refractivity contribution is 0.155. The van der Waals surface area contributed by atoms with Crippen LogP contribution >= 0.6 is 0 Å². The Balaban J connectivity index is 1.98. The highest BCUT2D eigenvalue weighted by Gasteiger charge is 2.59. The van der Waals surface area contributed by atoms with Crippen LogP contribution in [-0.4, -0.2) is 6.04 Å². The molecule has 3 atom stereocenters. The second kappa shape index (κ2) is 4.47. The number of fused-ring (bicyclic) bond motifs is 2. The van der Waals surface area contributed by atoms with Gasteiger partial charge < -0.3 is 5.32 Å². The van der Waals surface area contributed by atoms with Crippen LogP contribution in [0.5, 0.6) is 0 Å². The van der Waals surface area contributed by atoms with Crippen molar-refractivity contribution in [2.75, 3.05) is 5.32 Å². The molecule has 2 aliphatic rings. The van der Waals surface area contributed by atoms with Gasteiger partial charge in [0, 0.05) is 17.3 Å². The summed E-state index contributed by atoms with van der Waals surface area (Å²) in [6.07, 6.45) is 3.78. The maximum atomic E-state index is 14.0. The van der Waals surface area contributed by atoms with Crippen molar-refractivity contribution in [3.8, 4) is 6.07 Å². The van der Waals surface area contributed by atoms with Crippen LogP contribution in [0.15, 0.2) is 12.1 Å². The van der Waals surface area contributed by atoms with E-state index in [1.54, 1.807) is 13.0 Å². The van der Waals surface area contributed by atoms with Crippen LogP contribution in [0.1, 0.15) is 51.2 Å². The van der Waals surface area contributed by atoms with E-state index in [4.69, 9.17) is 5.26 Å². The van der Waals surface area contributed by atoms with Gasteiger partial charge in [-0.2, -0.15) is 5.26 Å². The molecule has 0 radical (unpaired) electrons. The molecule has 0 amide bonds. The number of rotatable bonds is 2. The predicted octanol–water partition coefficient (Wildman–Crippen LogP) is 4.63. The van der Waals surface area contributed by atoms with Gasteiger partial charge in [0.1, 0.15) is 5.82 Å². The van der Waals surface area contributed by atoms with Crippen molar-refractivity contribution in [1.29, 1.82) is 5.26 Å². The Morgan fingerprint density at radius 2 is 2.05 bits per heavy atom. The molecule has 112 valence electrons. The number of benzene rings is 1. The van der Waals surface area contributed by atoms with E-state index in [0.29, 0.717) is 17.2 Å². The molecule has 2 bridgehead atoms. The highest BCUT2D eigenvalue weighted by Crippen LogP contribution is 2.63. The van der Waals surface area contributed by atoms with Gasteiger partial charge in [0.25, 0.3) is 0 Å². The molecule has 1 N–H and O–H groups in total. The lowest BCUT2D eigenvalue weighted by Gasteiger charge is -2.44. The summed E-state index contributed by atoms with van der Waals surface area (Å²) in [6, 6.07) is 5.47. The highest BCUT2D eigenvalue weighted by molar-refractivity contribution is 5.57. The summed E-state index contributed by atoms with van der Waals surface area (Å²) in [7, 11) is 0. The summed E-state index contributed by atoms with van der Waals surface area (Å²) in [5.74, 6) is 0.437. The largest absolute Gasteiger partial charge is 0.381 e. The van der Waals surface area contributed by atoms with Gasteiger partial charge in [-0.15, -0.1) is 0 Å². The van der Waals surface area contributed by atoms with Crippen molar-refractivity contribution in [2.24, 2.45) is 16.7 Å². The van der Waals surface area contributed by atoms with Gasteiger partial charge >= 0.3 is 0 Å². The Kier molecular flexibility index (Phi) is 3.06. The van der Waals surface area contributed by atoms with E-state index in [0.717, 1.165) is 11.6 Å². The van der Waals surface area contributed by atoms with E-state index in [1.807, 2.05) is 6.07 Å². The Labute approximate surface area is 126 Å². The van der Waals surface area contributed by atoms with Crippen molar-refractivity contribution >= 4 is 5.69 Å². The summed E-state index contributed by atoms with van der Waals surface area (Å²) >= 11 is 0. The molecule has 2 nitrogen and oxygen atoms in total. The van der Waals surface area contributed by atoms with Gasteiger partial charge in [-0.1, -0.05) is 20.8 Å². The summed E-state index contributed by atoms with van der Waals surface area (Å²) in [4.78, 5) is 0. The molecule has 0 aliphatic heterocycles. The van der Waals surface area contributed by atoms with Crippen LogP contribution in [0.4, 0.5) is 10.1 Å². The minimum absolute atomic E-state index is 0.207. The molecule has 1 aromatic carbocycles. The van der Waals surface area contributed by atoms with Gasteiger partial charge in [-0.25, -0.2) is 4.39 Å². The zero-order chi connectivity index (χ0) is 15.4. The first-order valence-corrected chi connectivity index (χ1v) is 7.75. The number of nitriles is 1. The average Bonchev–Trinajstić information content (AvgIpc) is 2.90.